The first-order valence-electron chi connectivity index (χ1n) is 9.58. The molecule has 0 heterocycles. The summed E-state index contributed by atoms with van der Waals surface area (Å²) in [5.74, 6) is 1.14. The molecule has 4 saturated carbocycles. The van der Waals surface area contributed by atoms with E-state index in [0.717, 1.165) is 43.2 Å². The molecule has 4 bridgehead atoms. The van der Waals surface area contributed by atoms with Crippen LogP contribution < -0.4 is 0 Å². The zero-order valence-electron chi connectivity index (χ0n) is 15.1. The molecule has 0 aromatic heterocycles. The minimum atomic E-state index is -0.0522. The van der Waals surface area contributed by atoms with Crippen LogP contribution in [0.4, 0.5) is 0 Å². The van der Waals surface area contributed by atoms with Crippen LogP contribution in [0, 0.1) is 11.8 Å². The lowest BCUT2D eigenvalue weighted by Crippen LogP contribution is -2.55. The van der Waals surface area contributed by atoms with Crippen LogP contribution in [0.25, 0.3) is 0 Å². The molecule has 0 unspecified atom stereocenters. The molecule has 2 aromatic rings. The summed E-state index contributed by atoms with van der Waals surface area (Å²) in [6.45, 7) is 0. The summed E-state index contributed by atoms with van der Waals surface area (Å²) >= 11 is 25.1. The van der Waals surface area contributed by atoms with Gasteiger partial charge in [-0.05, 0) is 96.6 Å². The minimum Gasteiger partial charge on any atom is -0.505 e. The summed E-state index contributed by atoms with van der Waals surface area (Å²) in [7, 11) is 0. The highest BCUT2D eigenvalue weighted by Gasteiger charge is 2.58. The number of rotatable bonds is 2. The maximum atomic E-state index is 10.0. The van der Waals surface area contributed by atoms with Gasteiger partial charge in [-0.2, -0.15) is 0 Å². The topological polar surface area (TPSA) is 40.5 Å². The zero-order chi connectivity index (χ0) is 19.8. The van der Waals surface area contributed by atoms with Crippen LogP contribution in [0.1, 0.15) is 49.7 Å². The molecule has 0 atom stereocenters. The van der Waals surface area contributed by atoms with Gasteiger partial charge in [0.1, 0.15) is 0 Å². The van der Waals surface area contributed by atoms with Crippen LogP contribution >= 0.6 is 46.4 Å². The first-order valence-corrected chi connectivity index (χ1v) is 11.1. The minimum absolute atomic E-state index is 0.0120. The maximum absolute atomic E-state index is 10.0. The van der Waals surface area contributed by atoms with E-state index in [1.807, 2.05) is 24.3 Å². The standard InChI is InChI=1S/C22H20Cl4O2/c23-15-2-13(3-16(24)19(15)27)21-6-11-1-12(7-21)9-22(8-11,10-21)14-4-17(25)20(28)18(26)5-14/h2-5,11-12,27-28H,1,6-10H2. The van der Waals surface area contributed by atoms with Gasteiger partial charge in [-0.25, -0.2) is 0 Å². The number of aromatic hydroxyl groups is 2. The Kier molecular flexibility index (Phi) is 4.35. The number of hydrogen-bond acceptors (Lipinski definition) is 2. The van der Waals surface area contributed by atoms with Gasteiger partial charge in [0.2, 0.25) is 0 Å². The van der Waals surface area contributed by atoms with Crippen molar-refractivity contribution in [3.63, 3.8) is 0 Å². The number of benzene rings is 2. The summed E-state index contributed by atoms with van der Waals surface area (Å²) in [6.07, 6.45) is 6.68. The second-order valence-electron chi connectivity index (χ2n) is 9.10. The molecule has 2 aromatic carbocycles. The van der Waals surface area contributed by atoms with Crippen LogP contribution in [0.5, 0.6) is 11.5 Å². The second-order valence-corrected chi connectivity index (χ2v) is 10.7. The molecule has 2 nitrogen and oxygen atoms in total. The van der Waals surface area contributed by atoms with Crippen LogP contribution in [0.15, 0.2) is 24.3 Å². The van der Waals surface area contributed by atoms with Crippen molar-refractivity contribution in [1.29, 1.82) is 0 Å². The highest BCUT2D eigenvalue weighted by molar-refractivity contribution is 6.37. The average Bonchev–Trinajstić information content (AvgIpc) is 2.62. The highest BCUT2D eigenvalue weighted by Crippen LogP contribution is 2.67. The van der Waals surface area contributed by atoms with Crippen molar-refractivity contribution in [3.05, 3.63) is 55.5 Å². The van der Waals surface area contributed by atoms with Gasteiger partial charge in [0.25, 0.3) is 0 Å². The fourth-order valence-corrected chi connectivity index (χ4v) is 7.66. The molecule has 2 N–H and O–H groups in total. The Morgan fingerprint density at radius 2 is 0.964 bits per heavy atom. The normalized spacial score (nSPS) is 33.4. The molecule has 4 aliphatic rings. The number of phenolic OH excluding ortho intramolecular Hbond substituents is 2. The third-order valence-electron chi connectivity index (χ3n) is 7.32. The molecule has 28 heavy (non-hydrogen) atoms. The van der Waals surface area contributed by atoms with Crippen molar-refractivity contribution < 1.29 is 10.2 Å². The van der Waals surface area contributed by atoms with E-state index in [1.165, 1.54) is 6.42 Å². The predicted octanol–water partition coefficient (Wildman–Crippen LogP) is 7.50. The van der Waals surface area contributed by atoms with E-state index in [2.05, 4.69) is 0 Å². The van der Waals surface area contributed by atoms with Crippen molar-refractivity contribution >= 4 is 46.4 Å². The van der Waals surface area contributed by atoms with E-state index in [4.69, 9.17) is 46.4 Å². The number of halogens is 4. The fourth-order valence-electron chi connectivity index (χ4n) is 6.68. The molecule has 6 rings (SSSR count). The lowest BCUT2D eigenvalue weighted by Gasteiger charge is -2.63. The number of phenols is 2. The largest absolute Gasteiger partial charge is 0.505 e. The molecule has 4 fully saturated rings. The van der Waals surface area contributed by atoms with Crippen molar-refractivity contribution in [2.75, 3.05) is 0 Å². The Hall–Kier alpha value is -0.800. The van der Waals surface area contributed by atoms with Gasteiger partial charge in [0.05, 0.1) is 20.1 Å². The van der Waals surface area contributed by atoms with Gasteiger partial charge in [0, 0.05) is 0 Å². The summed E-state index contributed by atoms with van der Waals surface area (Å²) in [4.78, 5) is 0. The fraction of sp³-hybridized carbons (Fsp3) is 0.455. The van der Waals surface area contributed by atoms with Gasteiger partial charge in [0.15, 0.2) is 11.5 Å². The van der Waals surface area contributed by atoms with E-state index >= 15 is 0 Å². The van der Waals surface area contributed by atoms with Gasteiger partial charge in [-0.15, -0.1) is 0 Å². The van der Waals surface area contributed by atoms with Crippen LogP contribution in [-0.2, 0) is 10.8 Å². The number of hydrogen-bond donors (Lipinski definition) is 2. The molecule has 4 aliphatic carbocycles. The first-order chi connectivity index (χ1) is 13.2. The third-order valence-corrected chi connectivity index (χ3v) is 8.47. The van der Waals surface area contributed by atoms with Crippen molar-refractivity contribution in [2.45, 2.75) is 49.4 Å². The Bertz CT molecular complexity index is 851. The van der Waals surface area contributed by atoms with Crippen LogP contribution in [-0.4, -0.2) is 10.2 Å². The highest BCUT2D eigenvalue weighted by atomic mass is 35.5. The molecule has 6 heteroatoms. The van der Waals surface area contributed by atoms with Crippen LogP contribution in [0.3, 0.4) is 0 Å². The molecular formula is C22H20Cl4O2. The van der Waals surface area contributed by atoms with E-state index in [9.17, 15) is 10.2 Å². The Balaban J connectivity index is 1.64. The lowest BCUT2D eigenvalue weighted by atomic mass is 9.42. The summed E-state index contributed by atoms with van der Waals surface area (Å²) in [6, 6.07) is 7.56. The molecule has 0 aliphatic heterocycles. The van der Waals surface area contributed by atoms with Gasteiger partial charge >= 0.3 is 0 Å². The average molecular weight is 458 g/mol. The third kappa shape index (κ3) is 2.75. The lowest BCUT2D eigenvalue weighted by molar-refractivity contribution is -0.0281. The second kappa shape index (κ2) is 6.35. The molecular weight excluding hydrogens is 438 g/mol. The SMILES string of the molecule is Oc1c(Cl)cc(C23CC4CC(C2)CC(c2cc(Cl)c(O)c(Cl)c2)(C4)C3)cc1Cl. The van der Waals surface area contributed by atoms with E-state index in [1.54, 1.807) is 0 Å². The quantitative estimate of drug-likeness (QED) is 0.489. The molecule has 148 valence electrons. The van der Waals surface area contributed by atoms with Gasteiger partial charge in [-0.3, -0.25) is 0 Å². The van der Waals surface area contributed by atoms with E-state index < -0.39 is 0 Å². The summed E-state index contributed by atoms with van der Waals surface area (Å²) in [5.41, 5.74) is 2.22. The molecule has 0 amide bonds. The Labute approximate surface area is 184 Å². The maximum Gasteiger partial charge on any atom is 0.152 e. The molecule has 0 radical (unpaired) electrons. The van der Waals surface area contributed by atoms with Crippen molar-refractivity contribution in [3.8, 4) is 11.5 Å². The van der Waals surface area contributed by atoms with Crippen molar-refractivity contribution in [1.82, 2.24) is 0 Å². The molecule has 0 spiro atoms. The predicted molar refractivity (Wildman–Crippen MR) is 114 cm³/mol. The van der Waals surface area contributed by atoms with E-state index in [-0.39, 0.29) is 22.3 Å². The first kappa shape index (κ1) is 19.2. The Morgan fingerprint density at radius 1 is 0.643 bits per heavy atom. The zero-order valence-corrected chi connectivity index (χ0v) is 18.1. The van der Waals surface area contributed by atoms with Gasteiger partial charge in [-0.1, -0.05) is 46.4 Å². The monoisotopic (exact) mass is 456 g/mol. The Morgan fingerprint density at radius 3 is 1.29 bits per heavy atom. The molecule has 0 saturated heterocycles. The summed E-state index contributed by atoms with van der Waals surface area (Å²) < 4.78 is 0. The summed E-state index contributed by atoms with van der Waals surface area (Å²) in [5, 5.41) is 21.3. The van der Waals surface area contributed by atoms with E-state index in [0.29, 0.717) is 31.9 Å². The van der Waals surface area contributed by atoms with Gasteiger partial charge < -0.3 is 10.2 Å². The van der Waals surface area contributed by atoms with Crippen LogP contribution in [0.2, 0.25) is 20.1 Å². The van der Waals surface area contributed by atoms with Crippen molar-refractivity contribution in [2.24, 2.45) is 11.8 Å². The smallest absolute Gasteiger partial charge is 0.152 e.